The van der Waals surface area contributed by atoms with Crippen molar-refractivity contribution in [3.05, 3.63) is 102 Å². The smallest absolute Gasteiger partial charge is 0.407 e. The number of amides is 2. The minimum absolute atomic E-state index is 0.0264. The lowest BCUT2D eigenvalue weighted by Gasteiger charge is -2.22. The molecule has 0 spiro atoms. The predicted molar refractivity (Wildman–Crippen MR) is 185 cm³/mol. The molecule has 0 saturated heterocycles. The summed E-state index contributed by atoms with van der Waals surface area (Å²) in [5, 5.41) is 5.31. The molecule has 0 aliphatic rings. The fraction of sp³-hybridized carbons (Fsp3) is 0.389. The van der Waals surface area contributed by atoms with Crippen LogP contribution in [0.15, 0.2) is 89.9 Å². The maximum absolute atomic E-state index is 13.1. The molecule has 264 valence electrons. The number of ether oxygens (including phenoxy) is 4. The standard InChI is InChI=1S/C36H47N5O8/c1-35(2,3)47-33(43)39-21-27(22-40-34(44)48-36(4,5)6)41-31(37)26-17-19-28(20-18-26)45-23-29(49-38)32(42)46-30(24-13-9-7-10-14-24)25-15-11-8-12-16-25/h7-20,27,29-30H,21-23,38H2,1-6H3,(H2,37,41)(H,39,43)(H,40,44)/t29-/m1/s1. The van der Waals surface area contributed by atoms with Crippen molar-refractivity contribution in [1.29, 1.82) is 0 Å². The van der Waals surface area contributed by atoms with Gasteiger partial charge in [-0.3, -0.25) is 9.83 Å². The molecular weight excluding hydrogens is 630 g/mol. The molecule has 49 heavy (non-hydrogen) atoms. The Balaban J connectivity index is 1.65. The lowest BCUT2D eigenvalue weighted by atomic mass is 10.0. The molecule has 3 aromatic rings. The molecule has 0 fully saturated rings. The fourth-order valence-corrected chi connectivity index (χ4v) is 4.30. The van der Waals surface area contributed by atoms with Gasteiger partial charge in [0, 0.05) is 18.7 Å². The molecule has 13 heteroatoms. The quantitative estimate of drug-likeness (QED) is 0.0608. The number of nitrogens with one attached hydrogen (secondary N) is 2. The van der Waals surface area contributed by atoms with Crippen LogP contribution in [0, 0.1) is 0 Å². The third kappa shape index (κ3) is 13.9. The number of benzene rings is 3. The van der Waals surface area contributed by atoms with Crippen LogP contribution >= 0.6 is 0 Å². The van der Waals surface area contributed by atoms with E-state index in [2.05, 4.69) is 15.6 Å². The number of alkyl carbamates (subject to hydrolysis) is 2. The lowest BCUT2D eigenvalue weighted by Crippen LogP contribution is -2.43. The van der Waals surface area contributed by atoms with E-state index in [9.17, 15) is 14.4 Å². The zero-order valence-electron chi connectivity index (χ0n) is 28.8. The maximum Gasteiger partial charge on any atom is 0.407 e. The van der Waals surface area contributed by atoms with E-state index in [0.29, 0.717) is 11.3 Å². The Morgan fingerprint density at radius 2 is 1.20 bits per heavy atom. The SMILES string of the molecule is CC(C)(C)OC(=O)NCC(CNC(=O)OC(C)(C)C)N=C(N)c1ccc(OC[C@@H](ON)C(=O)OC(c2ccccc2)c2ccccc2)cc1. The predicted octanol–water partition coefficient (Wildman–Crippen LogP) is 4.78. The van der Waals surface area contributed by atoms with E-state index < -0.39 is 47.6 Å². The van der Waals surface area contributed by atoms with E-state index in [1.54, 1.807) is 65.8 Å². The Kier molecular flexibility index (Phi) is 14.0. The second kappa shape index (κ2) is 17.9. The first kappa shape index (κ1) is 38.3. The van der Waals surface area contributed by atoms with Gasteiger partial charge in [0.2, 0.25) is 6.10 Å². The van der Waals surface area contributed by atoms with Gasteiger partial charge < -0.3 is 35.3 Å². The molecule has 2 amide bonds. The van der Waals surface area contributed by atoms with Gasteiger partial charge in [-0.05, 0) is 76.9 Å². The van der Waals surface area contributed by atoms with E-state index in [4.69, 9.17) is 35.4 Å². The Hall–Kier alpha value is -5.14. The van der Waals surface area contributed by atoms with Crippen LogP contribution in [0.2, 0.25) is 0 Å². The van der Waals surface area contributed by atoms with Crippen molar-refractivity contribution in [1.82, 2.24) is 10.6 Å². The van der Waals surface area contributed by atoms with Gasteiger partial charge in [-0.2, -0.15) is 0 Å². The van der Waals surface area contributed by atoms with Gasteiger partial charge in [-0.15, -0.1) is 0 Å². The van der Waals surface area contributed by atoms with E-state index in [0.717, 1.165) is 11.1 Å². The lowest BCUT2D eigenvalue weighted by molar-refractivity contribution is -0.163. The van der Waals surface area contributed by atoms with Gasteiger partial charge in [0.15, 0.2) is 6.10 Å². The first-order chi connectivity index (χ1) is 23.1. The van der Waals surface area contributed by atoms with Crippen LogP contribution < -0.4 is 27.0 Å². The van der Waals surface area contributed by atoms with Crippen LogP contribution in [-0.2, 0) is 23.8 Å². The number of aliphatic imine (C=N–C) groups is 1. The molecule has 6 N–H and O–H groups in total. The third-order valence-electron chi connectivity index (χ3n) is 6.50. The molecule has 0 aliphatic heterocycles. The zero-order chi connectivity index (χ0) is 36.0. The highest BCUT2D eigenvalue weighted by atomic mass is 16.7. The van der Waals surface area contributed by atoms with Gasteiger partial charge in [0.05, 0.1) is 6.04 Å². The number of nitrogens with zero attached hydrogens (tertiary/aromatic N) is 1. The van der Waals surface area contributed by atoms with Crippen molar-refractivity contribution >= 4 is 24.0 Å². The number of rotatable bonds is 14. The molecule has 0 bridgehead atoms. The third-order valence-corrected chi connectivity index (χ3v) is 6.50. The molecule has 0 heterocycles. The van der Waals surface area contributed by atoms with Crippen LogP contribution in [-0.4, -0.2) is 67.0 Å². The fourth-order valence-electron chi connectivity index (χ4n) is 4.30. The summed E-state index contributed by atoms with van der Waals surface area (Å²) in [4.78, 5) is 47.1. The molecule has 3 rings (SSSR count). The number of nitrogens with two attached hydrogens (primary N) is 2. The molecule has 3 aromatic carbocycles. The summed E-state index contributed by atoms with van der Waals surface area (Å²) >= 11 is 0. The van der Waals surface area contributed by atoms with Gasteiger partial charge in [0.25, 0.3) is 0 Å². The molecule has 1 atom stereocenters. The number of carbonyl (C=O) groups is 3. The Morgan fingerprint density at radius 1 is 0.735 bits per heavy atom. The summed E-state index contributed by atoms with van der Waals surface area (Å²) < 4.78 is 22.2. The summed E-state index contributed by atoms with van der Waals surface area (Å²) in [6.07, 6.45) is -3.15. The van der Waals surface area contributed by atoms with Gasteiger partial charge in [-0.1, -0.05) is 60.7 Å². The second-order valence-corrected chi connectivity index (χ2v) is 13.0. The van der Waals surface area contributed by atoms with Crippen LogP contribution in [0.3, 0.4) is 0 Å². The summed E-state index contributed by atoms with van der Waals surface area (Å²) in [5.41, 5.74) is 7.06. The van der Waals surface area contributed by atoms with E-state index in [1.807, 2.05) is 60.7 Å². The van der Waals surface area contributed by atoms with E-state index in [1.165, 1.54) is 0 Å². The van der Waals surface area contributed by atoms with Crippen LogP contribution in [0.4, 0.5) is 9.59 Å². The topological polar surface area (TPSA) is 186 Å². The van der Waals surface area contributed by atoms with Crippen molar-refractivity contribution in [2.24, 2.45) is 16.6 Å². The molecule has 0 saturated carbocycles. The van der Waals surface area contributed by atoms with Gasteiger partial charge in [0.1, 0.15) is 29.4 Å². The Morgan fingerprint density at radius 3 is 1.63 bits per heavy atom. The zero-order valence-corrected chi connectivity index (χ0v) is 28.8. The molecular formula is C36H47N5O8. The highest BCUT2D eigenvalue weighted by molar-refractivity contribution is 5.97. The minimum Gasteiger partial charge on any atom is -0.490 e. The largest absolute Gasteiger partial charge is 0.490 e. The average molecular weight is 678 g/mol. The normalized spacial score (nSPS) is 12.6. The summed E-state index contributed by atoms with van der Waals surface area (Å²) in [6.45, 7) is 10.3. The summed E-state index contributed by atoms with van der Waals surface area (Å²) in [6, 6.07) is 24.7. The first-order valence-electron chi connectivity index (χ1n) is 15.8. The number of hydrogen-bond acceptors (Lipinski definition) is 10. The Bertz CT molecular complexity index is 1450. The van der Waals surface area contributed by atoms with Gasteiger partial charge >= 0.3 is 18.2 Å². The molecule has 0 aromatic heterocycles. The van der Waals surface area contributed by atoms with E-state index in [-0.39, 0.29) is 25.5 Å². The maximum atomic E-state index is 13.1. The van der Waals surface area contributed by atoms with Crippen molar-refractivity contribution in [2.45, 2.75) is 71.0 Å². The van der Waals surface area contributed by atoms with Crippen molar-refractivity contribution in [3.8, 4) is 5.75 Å². The van der Waals surface area contributed by atoms with Crippen LogP contribution in [0.1, 0.15) is 64.3 Å². The number of esters is 1. The molecule has 13 nitrogen and oxygen atoms in total. The summed E-state index contributed by atoms with van der Waals surface area (Å²) in [5.74, 6) is 5.32. The van der Waals surface area contributed by atoms with E-state index >= 15 is 0 Å². The van der Waals surface area contributed by atoms with Crippen molar-refractivity contribution in [3.63, 3.8) is 0 Å². The Labute approximate surface area is 287 Å². The summed E-state index contributed by atoms with van der Waals surface area (Å²) in [7, 11) is 0. The molecule has 0 aliphatic carbocycles. The highest BCUT2D eigenvalue weighted by Gasteiger charge is 2.27. The highest BCUT2D eigenvalue weighted by Crippen LogP contribution is 2.26. The minimum atomic E-state index is -1.21. The average Bonchev–Trinajstić information content (AvgIpc) is 3.04. The first-order valence-corrected chi connectivity index (χ1v) is 15.8. The number of hydrogen-bond donors (Lipinski definition) is 4. The van der Waals surface area contributed by atoms with Crippen molar-refractivity contribution < 1.29 is 38.2 Å². The molecule has 0 radical (unpaired) electrons. The van der Waals surface area contributed by atoms with Gasteiger partial charge in [-0.25, -0.2) is 20.3 Å². The second-order valence-electron chi connectivity index (χ2n) is 13.0. The number of carbonyl (C=O) groups excluding carboxylic acids is 3. The van der Waals surface area contributed by atoms with Crippen molar-refractivity contribution in [2.75, 3.05) is 19.7 Å². The van der Waals surface area contributed by atoms with Crippen LogP contribution in [0.25, 0.3) is 0 Å². The number of amidine groups is 1. The monoisotopic (exact) mass is 677 g/mol. The molecule has 0 unspecified atom stereocenters. The van der Waals surface area contributed by atoms with Crippen LogP contribution in [0.5, 0.6) is 5.75 Å².